The molecule has 1 saturated heterocycles. The highest BCUT2D eigenvalue weighted by molar-refractivity contribution is 5.95. The molecule has 26 heavy (non-hydrogen) atoms. The van der Waals surface area contributed by atoms with Crippen LogP contribution in [0.1, 0.15) is 13.3 Å². The number of halogens is 2. The van der Waals surface area contributed by atoms with Gasteiger partial charge in [0.05, 0.1) is 16.7 Å². The van der Waals surface area contributed by atoms with Crippen molar-refractivity contribution in [2.45, 2.75) is 13.3 Å². The first-order valence-electron chi connectivity index (χ1n) is 8.14. The Morgan fingerprint density at radius 3 is 2.38 bits per heavy atom. The summed E-state index contributed by atoms with van der Waals surface area (Å²) >= 11 is 0. The van der Waals surface area contributed by atoms with Crippen molar-refractivity contribution in [1.29, 1.82) is 0 Å². The molecule has 1 heterocycles. The van der Waals surface area contributed by atoms with E-state index >= 15 is 0 Å². The van der Waals surface area contributed by atoms with Gasteiger partial charge in [0, 0.05) is 18.7 Å². The van der Waals surface area contributed by atoms with Gasteiger partial charge in [0.15, 0.2) is 0 Å². The maximum absolute atomic E-state index is 14.1. The average molecular weight is 360 g/mol. The van der Waals surface area contributed by atoms with Crippen LogP contribution in [0.15, 0.2) is 42.5 Å². The maximum Gasteiger partial charge on any atom is 0.321 e. The van der Waals surface area contributed by atoms with Crippen molar-refractivity contribution in [3.63, 3.8) is 0 Å². The minimum atomic E-state index is -0.992. The number of carbonyl (C=O) groups is 2. The van der Waals surface area contributed by atoms with Crippen LogP contribution in [-0.4, -0.2) is 35.1 Å². The highest BCUT2D eigenvalue weighted by Gasteiger charge is 2.42. The Hall–Kier alpha value is -2.96. The summed E-state index contributed by atoms with van der Waals surface area (Å²) in [5, 5.41) is 11.9. The topological polar surface area (TPSA) is 69.6 Å². The van der Waals surface area contributed by atoms with Crippen LogP contribution < -0.4 is 5.32 Å². The molecule has 1 fully saturated rings. The molecule has 0 radical (unpaired) electrons. The number of rotatable bonds is 3. The summed E-state index contributed by atoms with van der Waals surface area (Å²) in [5.74, 6) is -2.42. The summed E-state index contributed by atoms with van der Waals surface area (Å²) in [7, 11) is 0. The lowest BCUT2D eigenvalue weighted by Gasteiger charge is -2.21. The molecule has 1 aliphatic heterocycles. The lowest BCUT2D eigenvalue weighted by molar-refractivity contribution is -0.146. The molecule has 1 atom stereocenters. The standard InChI is InChI=1S/C19H18F2N2O3/c1-19(17(24)25)9-10-23(11-19)18(26)22-15-8-3-2-5-12(15)16-13(20)6-4-7-14(16)21/h2-8H,9-11H2,1H3,(H,22,26)(H,24,25). The first kappa shape index (κ1) is 17.8. The normalized spacial score (nSPS) is 19.4. The molecule has 7 heteroatoms. The molecule has 1 unspecified atom stereocenters. The van der Waals surface area contributed by atoms with Gasteiger partial charge in [0.2, 0.25) is 0 Å². The van der Waals surface area contributed by atoms with Crippen molar-refractivity contribution >= 4 is 17.7 Å². The van der Waals surface area contributed by atoms with E-state index in [1.165, 1.54) is 17.0 Å². The number of carboxylic acids is 1. The summed E-state index contributed by atoms with van der Waals surface area (Å²) in [4.78, 5) is 25.2. The number of hydrogen-bond acceptors (Lipinski definition) is 2. The van der Waals surface area contributed by atoms with Crippen LogP contribution in [0.2, 0.25) is 0 Å². The SMILES string of the molecule is CC1(C(=O)O)CCN(C(=O)Nc2ccccc2-c2c(F)cccc2F)C1. The van der Waals surface area contributed by atoms with E-state index in [1.807, 2.05) is 0 Å². The van der Waals surface area contributed by atoms with Crippen molar-refractivity contribution < 1.29 is 23.5 Å². The van der Waals surface area contributed by atoms with Gasteiger partial charge >= 0.3 is 12.0 Å². The smallest absolute Gasteiger partial charge is 0.321 e. The first-order valence-corrected chi connectivity index (χ1v) is 8.14. The number of nitrogens with zero attached hydrogens (tertiary/aromatic N) is 1. The van der Waals surface area contributed by atoms with Gasteiger partial charge in [-0.15, -0.1) is 0 Å². The van der Waals surface area contributed by atoms with Gasteiger partial charge in [-0.3, -0.25) is 4.79 Å². The molecule has 2 N–H and O–H groups in total. The molecule has 0 bridgehead atoms. The molecule has 2 aromatic carbocycles. The van der Waals surface area contributed by atoms with Gasteiger partial charge < -0.3 is 15.3 Å². The minimum Gasteiger partial charge on any atom is -0.481 e. The Morgan fingerprint density at radius 2 is 1.77 bits per heavy atom. The monoisotopic (exact) mass is 360 g/mol. The molecule has 136 valence electrons. The third-order valence-corrected chi connectivity index (χ3v) is 4.68. The zero-order chi connectivity index (χ0) is 18.9. The van der Waals surface area contributed by atoms with Crippen LogP contribution in [0.25, 0.3) is 11.1 Å². The maximum atomic E-state index is 14.1. The van der Waals surface area contributed by atoms with Crippen molar-refractivity contribution in [2.24, 2.45) is 5.41 Å². The van der Waals surface area contributed by atoms with Crippen LogP contribution in [0.4, 0.5) is 19.3 Å². The zero-order valence-electron chi connectivity index (χ0n) is 14.1. The van der Waals surface area contributed by atoms with E-state index in [1.54, 1.807) is 25.1 Å². The van der Waals surface area contributed by atoms with Crippen molar-refractivity contribution in [3.05, 3.63) is 54.1 Å². The molecule has 0 saturated carbocycles. The average Bonchev–Trinajstić information content (AvgIpc) is 3.00. The Labute approximate surface area is 149 Å². The third-order valence-electron chi connectivity index (χ3n) is 4.68. The van der Waals surface area contributed by atoms with E-state index in [2.05, 4.69) is 5.32 Å². The zero-order valence-corrected chi connectivity index (χ0v) is 14.1. The van der Waals surface area contributed by atoms with E-state index in [4.69, 9.17) is 0 Å². The number of aliphatic carboxylic acids is 1. The first-order chi connectivity index (χ1) is 12.3. The van der Waals surface area contributed by atoms with Crippen LogP contribution in [0.3, 0.4) is 0 Å². The van der Waals surface area contributed by atoms with E-state index in [-0.39, 0.29) is 23.4 Å². The molecular weight excluding hydrogens is 342 g/mol. The fourth-order valence-corrected chi connectivity index (χ4v) is 3.07. The number of urea groups is 1. The van der Waals surface area contributed by atoms with Gasteiger partial charge in [0.1, 0.15) is 11.6 Å². The highest BCUT2D eigenvalue weighted by Crippen LogP contribution is 2.34. The van der Waals surface area contributed by atoms with E-state index < -0.39 is 29.0 Å². The predicted octanol–water partition coefficient (Wildman–Crippen LogP) is 3.96. The molecule has 0 aromatic heterocycles. The molecule has 1 aliphatic rings. The molecular formula is C19H18F2N2O3. The number of amides is 2. The number of carboxylic acid groups (broad SMARTS) is 1. The van der Waals surface area contributed by atoms with Crippen molar-refractivity contribution in [1.82, 2.24) is 4.90 Å². The Balaban J connectivity index is 1.86. The summed E-state index contributed by atoms with van der Waals surface area (Å²) < 4.78 is 28.2. The number of carbonyl (C=O) groups excluding carboxylic acids is 1. The van der Waals surface area contributed by atoms with Gasteiger partial charge in [-0.05, 0) is 31.5 Å². The van der Waals surface area contributed by atoms with E-state index in [9.17, 15) is 23.5 Å². The summed E-state index contributed by atoms with van der Waals surface area (Å²) in [6.45, 7) is 1.96. The lowest BCUT2D eigenvalue weighted by Crippen LogP contribution is -2.37. The number of likely N-dealkylation sites (tertiary alicyclic amines) is 1. The number of nitrogens with one attached hydrogen (secondary N) is 1. The fraction of sp³-hybridized carbons (Fsp3) is 0.263. The fourth-order valence-electron chi connectivity index (χ4n) is 3.07. The van der Waals surface area contributed by atoms with E-state index in [0.717, 1.165) is 12.1 Å². The van der Waals surface area contributed by atoms with Crippen molar-refractivity contribution in [3.8, 4) is 11.1 Å². The van der Waals surface area contributed by atoms with Gasteiger partial charge in [-0.25, -0.2) is 13.6 Å². The molecule has 5 nitrogen and oxygen atoms in total. The predicted molar refractivity (Wildman–Crippen MR) is 92.7 cm³/mol. The van der Waals surface area contributed by atoms with Crippen LogP contribution >= 0.6 is 0 Å². The highest BCUT2D eigenvalue weighted by atomic mass is 19.1. The third kappa shape index (κ3) is 3.24. The Bertz CT molecular complexity index is 851. The van der Waals surface area contributed by atoms with E-state index in [0.29, 0.717) is 13.0 Å². The van der Waals surface area contributed by atoms with Crippen LogP contribution in [0, 0.1) is 17.0 Å². The molecule has 2 amide bonds. The molecule has 3 rings (SSSR count). The number of para-hydroxylation sites is 1. The second-order valence-electron chi connectivity index (χ2n) is 6.61. The van der Waals surface area contributed by atoms with Crippen LogP contribution in [0.5, 0.6) is 0 Å². The quantitative estimate of drug-likeness (QED) is 0.870. The second-order valence-corrected chi connectivity index (χ2v) is 6.61. The summed E-state index contributed by atoms with van der Waals surface area (Å²) in [6.07, 6.45) is 0.347. The summed E-state index contributed by atoms with van der Waals surface area (Å²) in [5.41, 5.74) is -0.739. The van der Waals surface area contributed by atoms with Crippen LogP contribution in [-0.2, 0) is 4.79 Å². The van der Waals surface area contributed by atoms with Gasteiger partial charge in [-0.1, -0.05) is 24.3 Å². The van der Waals surface area contributed by atoms with Gasteiger partial charge in [0.25, 0.3) is 0 Å². The van der Waals surface area contributed by atoms with Gasteiger partial charge in [-0.2, -0.15) is 0 Å². The minimum absolute atomic E-state index is 0.0738. The molecule has 0 spiro atoms. The lowest BCUT2D eigenvalue weighted by atomic mass is 9.90. The largest absolute Gasteiger partial charge is 0.481 e. The Morgan fingerprint density at radius 1 is 1.12 bits per heavy atom. The number of hydrogen-bond donors (Lipinski definition) is 2. The Kier molecular flexibility index (Phi) is 4.63. The molecule has 0 aliphatic carbocycles. The number of anilines is 1. The summed E-state index contributed by atoms with van der Waals surface area (Å²) in [6, 6.07) is 9.39. The second kappa shape index (κ2) is 6.74. The number of benzene rings is 2. The van der Waals surface area contributed by atoms with Crippen molar-refractivity contribution in [2.75, 3.05) is 18.4 Å². The molecule has 2 aromatic rings.